The molecule has 1 unspecified atom stereocenters. The highest BCUT2D eigenvalue weighted by Crippen LogP contribution is 2.22. The van der Waals surface area contributed by atoms with E-state index in [-0.39, 0.29) is 6.04 Å². The van der Waals surface area contributed by atoms with E-state index in [1.165, 1.54) is 16.8 Å². The number of nitrogens with two attached hydrogens (primary N) is 1. The Morgan fingerprint density at radius 3 is 2.74 bits per heavy atom. The molecule has 2 aromatic rings. The van der Waals surface area contributed by atoms with Gasteiger partial charge in [0, 0.05) is 30.9 Å². The van der Waals surface area contributed by atoms with Crippen molar-refractivity contribution >= 4 is 5.69 Å². The molecule has 2 rings (SSSR count). The zero-order valence-corrected chi connectivity index (χ0v) is 11.7. The zero-order valence-electron chi connectivity index (χ0n) is 11.7. The first-order valence-electron chi connectivity index (χ1n) is 6.76. The topological polar surface area (TPSA) is 42.4 Å². The molecular formula is C16H22N2O. The van der Waals surface area contributed by atoms with Crippen molar-refractivity contribution in [2.45, 2.75) is 32.4 Å². The third-order valence-corrected chi connectivity index (χ3v) is 3.41. The molecule has 3 heteroatoms. The second-order valence-corrected chi connectivity index (χ2v) is 4.99. The van der Waals surface area contributed by atoms with Gasteiger partial charge < -0.3 is 15.1 Å². The van der Waals surface area contributed by atoms with Crippen molar-refractivity contribution in [3.05, 3.63) is 54.0 Å². The molecule has 0 bridgehead atoms. The Labute approximate surface area is 115 Å². The van der Waals surface area contributed by atoms with Gasteiger partial charge in [0.25, 0.3) is 0 Å². The van der Waals surface area contributed by atoms with Gasteiger partial charge in [0.2, 0.25) is 0 Å². The SMILES string of the molecule is CCC(N)Cc1ccccc1N(C)Cc1ccoc1. The van der Waals surface area contributed by atoms with Crippen LogP contribution in [0.3, 0.4) is 0 Å². The average Bonchev–Trinajstić information content (AvgIpc) is 2.92. The van der Waals surface area contributed by atoms with Gasteiger partial charge in [-0.2, -0.15) is 0 Å². The van der Waals surface area contributed by atoms with E-state index in [9.17, 15) is 0 Å². The third kappa shape index (κ3) is 3.61. The maximum Gasteiger partial charge on any atom is 0.0952 e. The van der Waals surface area contributed by atoms with Crippen LogP contribution in [0.2, 0.25) is 0 Å². The van der Waals surface area contributed by atoms with Crippen LogP contribution in [0.1, 0.15) is 24.5 Å². The predicted molar refractivity (Wildman–Crippen MR) is 79.2 cm³/mol. The summed E-state index contributed by atoms with van der Waals surface area (Å²) in [5.41, 5.74) is 9.81. The van der Waals surface area contributed by atoms with Crippen molar-refractivity contribution < 1.29 is 4.42 Å². The molecule has 3 nitrogen and oxygen atoms in total. The van der Waals surface area contributed by atoms with E-state index in [4.69, 9.17) is 10.2 Å². The number of anilines is 1. The van der Waals surface area contributed by atoms with E-state index in [1.807, 2.05) is 6.07 Å². The summed E-state index contributed by atoms with van der Waals surface area (Å²) in [6.45, 7) is 2.97. The number of benzene rings is 1. The molecule has 1 aromatic carbocycles. The quantitative estimate of drug-likeness (QED) is 0.865. The molecule has 0 fully saturated rings. The van der Waals surface area contributed by atoms with Crippen molar-refractivity contribution in [3.8, 4) is 0 Å². The Bertz CT molecular complexity index is 493. The van der Waals surface area contributed by atoms with Crippen LogP contribution >= 0.6 is 0 Å². The first-order chi connectivity index (χ1) is 9.20. The first kappa shape index (κ1) is 13.7. The second kappa shape index (κ2) is 6.43. The van der Waals surface area contributed by atoms with Gasteiger partial charge in [0.05, 0.1) is 12.5 Å². The van der Waals surface area contributed by atoms with E-state index < -0.39 is 0 Å². The molecule has 19 heavy (non-hydrogen) atoms. The van der Waals surface area contributed by atoms with Crippen molar-refractivity contribution in [3.63, 3.8) is 0 Å². The summed E-state index contributed by atoms with van der Waals surface area (Å²) >= 11 is 0. The van der Waals surface area contributed by atoms with Crippen LogP contribution in [0.25, 0.3) is 0 Å². The second-order valence-electron chi connectivity index (χ2n) is 4.99. The minimum Gasteiger partial charge on any atom is -0.472 e. The Hall–Kier alpha value is -1.74. The average molecular weight is 258 g/mol. The monoisotopic (exact) mass is 258 g/mol. The highest BCUT2D eigenvalue weighted by atomic mass is 16.3. The summed E-state index contributed by atoms with van der Waals surface area (Å²) in [7, 11) is 2.10. The molecule has 0 spiro atoms. The molecule has 1 aromatic heterocycles. The number of hydrogen-bond donors (Lipinski definition) is 1. The number of furan rings is 1. The van der Waals surface area contributed by atoms with Crippen molar-refractivity contribution in [2.24, 2.45) is 5.73 Å². The number of nitrogens with zero attached hydrogens (tertiary/aromatic N) is 1. The van der Waals surface area contributed by atoms with Crippen molar-refractivity contribution in [2.75, 3.05) is 11.9 Å². The summed E-state index contributed by atoms with van der Waals surface area (Å²) in [5, 5.41) is 0. The molecule has 0 radical (unpaired) electrons. The largest absolute Gasteiger partial charge is 0.472 e. The van der Waals surface area contributed by atoms with Gasteiger partial charge in [-0.1, -0.05) is 25.1 Å². The van der Waals surface area contributed by atoms with Gasteiger partial charge in [-0.25, -0.2) is 0 Å². The highest BCUT2D eigenvalue weighted by Gasteiger charge is 2.10. The molecular weight excluding hydrogens is 236 g/mol. The van der Waals surface area contributed by atoms with Gasteiger partial charge in [-0.15, -0.1) is 0 Å². The molecule has 2 N–H and O–H groups in total. The van der Waals surface area contributed by atoms with E-state index in [0.29, 0.717) is 0 Å². The minimum absolute atomic E-state index is 0.225. The zero-order chi connectivity index (χ0) is 13.7. The number of para-hydroxylation sites is 1. The summed E-state index contributed by atoms with van der Waals surface area (Å²) < 4.78 is 5.12. The summed E-state index contributed by atoms with van der Waals surface area (Å²) in [6, 6.07) is 10.7. The predicted octanol–water partition coefficient (Wildman–Crippen LogP) is 3.20. The maximum atomic E-state index is 6.08. The lowest BCUT2D eigenvalue weighted by atomic mass is 10.0. The van der Waals surface area contributed by atoms with E-state index in [1.54, 1.807) is 12.5 Å². The van der Waals surface area contributed by atoms with Crippen LogP contribution in [-0.4, -0.2) is 13.1 Å². The summed E-state index contributed by atoms with van der Waals surface area (Å²) in [6.07, 6.45) is 5.42. The fourth-order valence-electron chi connectivity index (χ4n) is 2.22. The Morgan fingerprint density at radius 2 is 2.05 bits per heavy atom. The van der Waals surface area contributed by atoms with Crippen LogP contribution in [0.4, 0.5) is 5.69 Å². The fraction of sp³-hybridized carbons (Fsp3) is 0.375. The first-order valence-corrected chi connectivity index (χ1v) is 6.76. The van der Waals surface area contributed by atoms with Gasteiger partial charge in [0.1, 0.15) is 0 Å². The van der Waals surface area contributed by atoms with Gasteiger partial charge in [-0.3, -0.25) is 0 Å². The van der Waals surface area contributed by atoms with Gasteiger partial charge in [0.15, 0.2) is 0 Å². The smallest absolute Gasteiger partial charge is 0.0952 e. The van der Waals surface area contributed by atoms with E-state index >= 15 is 0 Å². The molecule has 0 aliphatic carbocycles. The standard InChI is InChI=1S/C16H22N2O/c1-3-15(17)10-14-6-4-5-7-16(14)18(2)11-13-8-9-19-12-13/h4-9,12,15H,3,10-11,17H2,1-2H3. The van der Waals surface area contributed by atoms with E-state index in [2.05, 4.69) is 43.1 Å². The Balaban J connectivity index is 2.14. The Kier molecular flexibility index (Phi) is 4.63. The third-order valence-electron chi connectivity index (χ3n) is 3.41. The van der Waals surface area contributed by atoms with Crippen LogP contribution in [0, 0.1) is 0 Å². The Morgan fingerprint density at radius 1 is 1.26 bits per heavy atom. The van der Waals surface area contributed by atoms with Crippen LogP contribution in [-0.2, 0) is 13.0 Å². The normalized spacial score (nSPS) is 12.4. The van der Waals surface area contributed by atoms with Crippen LogP contribution in [0.15, 0.2) is 47.3 Å². The number of rotatable bonds is 6. The van der Waals surface area contributed by atoms with Crippen LogP contribution < -0.4 is 10.6 Å². The molecule has 0 saturated carbocycles. The molecule has 0 aliphatic rings. The molecule has 1 atom stereocenters. The maximum absolute atomic E-state index is 6.08. The van der Waals surface area contributed by atoms with Gasteiger partial charge in [-0.05, 0) is 30.5 Å². The lowest BCUT2D eigenvalue weighted by Crippen LogP contribution is -2.24. The van der Waals surface area contributed by atoms with Crippen LogP contribution in [0.5, 0.6) is 0 Å². The van der Waals surface area contributed by atoms with Crippen molar-refractivity contribution in [1.82, 2.24) is 0 Å². The lowest BCUT2D eigenvalue weighted by Gasteiger charge is -2.23. The van der Waals surface area contributed by atoms with Gasteiger partial charge >= 0.3 is 0 Å². The molecule has 0 saturated heterocycles. The minimum atomic E-state index is 0.225. The number of hydrogen-bond acceptors (Lipinski definition) is 3. The van der Waals surface area contributed by atoms with Crippen molar-refractivity contribution in [1.29, 1.82) is 0 Å². The fourth-order valence-corrected chi connectivity index (χ4v) is 2.22. The molecule has 1 heterocycles. The summed E-state index contributed by atoms with van der Waals surface area (Å²) in [5.74, 6) is 0. The molecule has 0 aliphatic heterocycles. The summed E-state index contributed by atoms with van der Waals surface area (Å²) in [4.78, 5) is 2.24. The van der Waals surface area contributed by atoms with E-state index in [0.717, 1.165) is 19.4 Å². The molecule has 0 amide bonds. The molecule has 102 valence electrons. The highest BCUT2D eigenvalue weighted by molar-refractivity contribution is 5.53. The lowest BCUT2D eigenvalue weighted by molar-refractivity contribution is 0.563.